The van der Waals surface area contributed by atoms with E-state index in [1.807, 2.05) is 0 Å². The summed E-state index contributed by atoms with van der Waals surface area (Å²) < 4.78 is 0. The molecule has 0 unspecified atom stereocenters. The zero-order valence-corrected chi connectivity index (χ0v) is 10.4. The normalized spacial score (nSPS) is 22.1. The SMILES string of the molecule is NC1(CCc2ccccc2SC2CC2)CC1. The van der Waals surface area contributed by atoms with Crippen LogP contribution in [0.25, 0.3) is 0 Å². The predicted octanol–water partition coefficient (Wildman–Crippen LogP) is 3.37. The third kappa shape index (κ3) is 2.61. The maximum atomic E-state index is 6.15. The Morgan fingerprint density at radius 3 is 2.69 bits per heavy atom. The summed E-state index contributed by atoms with van der Waals surface area (Å²) in [6.07, 6.45) is 7.58. The number of hydrogen-bond acceptors (Lipinski definition) is 2. The lowest BCUT2D eigenvalue weighted by atomic mass is 10.0. The maximum absolute atomic E-state index is 6.15. The molecule has 0 amide bonds. The van der Waals surface area contributed by atoms with Crippen molar-refractivity contribution in [1.82, 2.24) is 0 Å². The molecule has 86 valence electrons. The molecule has 2 aliphatic rings. The first-order valence-corrected chi connectivity index (χ1v) is 7.17. The third-order valence-electron chi connectivity index (χ3n) is 3.58. The highest BCUT2D eigenvalue weighted by molar-refractivity contribution is 8.00. The molecule has 0 bridgehead atoms. The van der Waals surface area contributed by atoms with Gasteiger partial charge in [-0.1, -0.05) is 18.2 Å². The van der Waals surface area contributed by atoms with Gasteiger partial charge in [0, 0.05) is 15.7 Å². The van der Waals surface area contributed by atoms with E-state index in [4.69, 9.17) is 5.73 Å². The lowest BCUT2D eigenvalue weighted by Crippen LogP contribution is -2.22. The quantitative estimate of drug-likeness (QED) is 0.844. The molecule has 2 aliphatic carbocycles. The van der Waals surface area contributed by atoms with Crippen molar-refractivity contribution in [3.8, 4) is 0 Å². The van der Waals surface area contributed by atoms with Crippen molar-refractivity contribution in [3.63, 3.8) is 0 Å². The highest BCUT2D eigenvalue weighted by Crippen LogP contribution is 2.42. The second-order valence-electron chi connectivity index (χ2n) is 5.29. The van der Waals surface area contributed by atoms with E-state index < -0.39 is 0 Å². The van der Waals surface area contributed by atoms with Crippen LogP contribution >= 0.6 is 11.8 Å². The molecule has 1 nitrogen and oxygen atoms in total. The number of rotatable bonds is 5. The minimum absolute atomic E-state index is 0.192. The molecule has 0 aliphatic heterocycles. The fourth-order valence-electron chi connectivity index (χ4n) is 1.98. The summed E-state index contributed by atoms with van der Waals surface area (Å²) in [4.78, 5) is 1.49. The lowest BCUT2D eigenvalue weighted by Gasteiger charge is -2.11. The minimum Gasteiger partial charge on any atom is -0.325 e. The molecule has 2 fully saturated rings. The number of benzene rings is 1. The summed E-state index contributed by atoms with van der Waals surface area (Å²) in [5.41, 5.74) is 7.85. The average Bonchev–Trinajstić information content (AvgIpc) is 3.17. The Balaban J connectivity index is 1.66. The first-order chi connectivity index (χ1) is 7.75. The van der Waals surface area contributed by atoms with Crippen LogP contribution in [0.2, 0.25) is 0 Å². The van der Waals surface area contributed by atoms with E-state index >= 15 is 0 Å². The topological polar surface area (TPSA) is 26.0 Å². The summed E-state index contributed by atoms with van der Waals surface area (Å²) in [6, 6.07) is 8.86. The van der Waals surface area contributed by atoms with Crippen LogP contribution in [0.1, 0.15) is 37.7 Å². The standard InChI is InChI=1S/C14H19NS/c15-14(9-10-14)8-7-11-3-1-2-4-13(11)16-12-5-6-12/h1-4,12H,5-10,15H2. The van der Waals surface area contributed by atoms with Crippen molar-refractivity contribution in [2.75, 3.05) is 0 Å². The van der Waals surface area contributed by atoms with Crippen LogP contribution in [0.15, 0.2) is 29.2 Å². The van der Waals surface area contributed by atoms with E-state index in [1.165, 1.54) is 36.1 Å². The highest BCUT2D eigenvalue weighted by atomic mass is 32.2. The predicted molar refractivity (Wildman–Crippen MR) is 69.8 cm³/mol. The van der Waals surface area contributed by atoms with Gasteiger partial charge in [-0.15, -0.1) is 11.8 Å². The number of nitrogens with two attached hydrogens (primary N) is 1. The maximum Gasteiger partial charge on any atom is 0.0158 e. The molecule has 2 N–H and O–H groups in total. The van der Waals surface area contributed by atoms with Gasteiger partial charge in [0.05, 0.1) is 0 Å². The van der Waals surface area contributed by atoms with Gasteiger partial charge in [-0.25, -0.2) is 0 Å². The first-order valence-electron chi connectivity index (χ1n) is 6.29. The monoisotopic (exact) mass is 233 g/mol. The van der Waals surface area contributed by atoms with E-state index in [-0.39, 0.29) is 5.54 Å². The summed E-state index contributed by atoms with van der Waals surface area (Å²) >= 11 is 2.07. The van der Waals surface area contributed by atoms with Crippen LogP contribution in [0, 0.1) is 0 Å². The summed E-state index contributed by atoms with van der Waals surface area (Å²) in [5.74, 6) is 0. The van der Waals surface area contributed by atoms with Gasteiger partial charge in [-0.2, -0.15) is 0 Å². The van der Waals surface area contributed by atoms with Gasteiger partial charge < -0.3 is 5.73 Å². The summed E-state index contributed by atoms with van der Waals surface area (Å²) in [7, 11) is 0. The first kappa shape index (κ1) is 10.7. The Hall–Kier alpha value is -0.470. The van der Waals surface area contributed by atoms with Gasteiger partial charge in [0.1, 0.15) is 0 Å². The third-order valence-corrected chi connectivity index (χ3v) is 5.03. The molecule has 3 rings (SSSR count). The van der Waals surface area contributed by atoms with Gasteiger partial charge in [0.2, 0.25) is 0 Å². The fraction of sp³-hybridized carbons (Fsp3) is 0.571. The van der Waals surface area contributed by atoms with Crippen LogP contribution in [-0.4, -0.2) is 10.8 Å². The van der Waals surface area contributed by atoms with Crippen molar-refractivity contribution >= 4 is 11.8 Å². The van der Waals surface area contributed by atoms with E-state index in [1.54, 1.807) is 0 Å². The van der Waals surface area contributed by atoms with Gasteiger partial charge >= 0.3 is 0 Å². The fourth-order valence-corrected chi connectivity index (χ4v) is 3.19. The Bertz CT molecular complexity index is 380. The molecular weight excluding hydrogens is 214 g/mol. The number of thioether (sulfide) groups is 1. The highest BCUT2D eigenvalue weighted by Gasteiger charge is 2.37. The molecule has 16 heavy (non-hydrogen) atoms. The van der Waals surface area contributed by atoms with Gasteiger partial charge in [0.25, 0.3) is 0 Å². The molecule has 2 heteroatoms. The number of aryl methyl sites for hydroxylation is 1. The summed E-state index contributed by atoms with van der Waals surface area (Å²) in [5, 5.41) is 0.897. The smallest absolute Gasteiger partial charge is 0.0158 e. The zero-order valence-electron chi connectivity index (χ0n) is 9.61. The number of hydrogen-bond donors (Lipinski definition) is 1. The van der Waals surface area contributed by atoms with Crippen LogP contribution in [0.5, 0.6) is 0 Å². The molecular formula is C14H19NS. The van der Waals surface area contributed by atoms with E-state index in [2.05, 4.69) is 36.0 Å². The summed E-state index contributed by atoms with van der Waals surface area (Å²) in [6.45, 7) is 0. The van der Waals surface area contributed by atoms with Gasteiger partial charge in [-0.05, 0) is 50.2 Å². The molecule has 0 radical (unpaired) electrons. The molecule has 2 saturated carbocycles. The van der Waals surface area contributed by atoms with Crippen LogP contribution in [0.3, 0.4) is 0 Å². The zero-order chi connectivity index (χ0) is 11.0. The van der Waals surface area contributed by atoms with Crippen molar-refractivity contribution in [3.05, 3.63) is 29.8 Å². The van der Waals surface area contributed by atoms with E-state index in [9.17, 15) is 0 Å². The second kappa shape index (κ2) is 4.08. The average molecular weight is 233 g/mol. The molecule has 0 saturated heterocycles. The molecule has 1 aromatic rings. The van der Waals surface area contributed by atoms with Crippen molar-refractivity contribution in [1.29, 1.82) is 0 Å². The van der Waals surface area contributed by atoms with Crippen LogP contribution < -0.4 is 5.73 Å². The Morgan fingerprint density at radius 2 is 2.00 bits per heavy atom. The van der Waals surface area contributed by atoms with Gasteiger partial charge in [-0.3, -0.25) is 0 Å². The van der Waals surface area contributed by atoms with E-state index in [0.717, 1.165) is 18.1 Å². The molecule has 0 spiro atoms. The second-order valence-corrected chi connectivity index (χ2v) is 6.63. The van der Waals surface area contributed by atoms with E-state index in [0.29, 0.717) is 0 Å². The molecule has 1 aromatic carbocycles. The van der Waals surface area contributed by atoms with Crippen LogP contribution in [0.4, 0.5) is 0 Å². The molecule has 0 aromatic heterocycles. The largest absolute Gasteiger partial charge is 0.325 e. The minimum atomic E-state index is 0.192. The Morgan fingerprint density at radius 1 is 1.25 bits per heavy atom. The van der Waals surface area contributed by atoms with Crippen molar-refractivity contribution in [2.24, 2.45) is 5.73 Å². The molecule has 0 heterocycles. The molecule has 0 atom stereocenters. The van der Waals surface area contributed by atoms with Crippen LogP contribution in [-0.2, 0) is 6.42 Å². The Kier molecular flexibility index (Phi) is 2.72. The van der Waals surface area contributed by atoms with Crippen molar-refractivity contribution in [2.45, 2.75) is 54.2 Å². The van der Waals surface area contributed by atoms with Gasteiger partial charge in [0.15, 0.2) is 0 Å². The Labute approximate surface area is 102 Å². The van der Waals surface area contributed by atoms with Crippen molar-refractivity contribution < 1.29 is 0 Å². The lowest BCUT2D eigenvalue weighted by molar-refractivity contribution is 0.606.